The Hall–Kier alpha value is 0.0600. The lowest BCUT2D eigenvalue weighted by Gasteiger charge is -2.31. The number of thiophene rings is 1. The van der Waals surface area contributed by atoms with Gasteiger partial charge in [-0.3, -0.25) is 4.90 Å². The number of hydrogen-bond donors (Lipinski definition) is 2. The van der Waals surface area contributed by atoms with E-state index in [2.05, 4.69) is 39.9 Å². The van der Waals surface area contributed by atoms with Crippen LogP contribution in [0.2, 0.25) is 0 Å². The van der Waals surface area contributed by atoms with Gasteiger partial charge in [-0.1, -0.05) is 6.92 Å². The molecule has 5 heteroatoms. The average molecular weight is 347 g/mol. The molecule has 2 heterocycles. The van der Waals surface area contributed by atoms with Crippen LogP contribution in [0.25, 0.3) is 0 Å². The first-order valence-corrected chi connectivity index (χ1v) is 8.62. The standard InChI is InChI=1S/C14H23BrN2OS/c1-2-11(16)14(12-3-4-13(15)19-12)17-7-5-10(9-17)6-8-18/h3-4,10-11,14,18H,2,5-9,16H2,1H3. The van der Waals surface area contributed by atoms with E-state index in [1.165, 1.54) is 15.1 Å². The third kappa shape index (κ3) is 3.79. The van der Waals surface area contributed by atoms with Crippen LogP contribution in [-0.4, -0.2) is 35.7 Å². The Kier molecular flexibility index (Phi) is 5.84. The molecule has 1 aliphatic rings. The molecule has 2 rings (SSSR count). The minimum atomic E-state index is 0.179. The summed E-state index contributed by atoms with van der Waals surface area (Å²) in [5, 5.41) is 9.08. The van der Waals surface area contributed by atoms with Crippen molar-refractivity contribution in [3.63, 3.8) is 0 Å². The number of rotatable bonds is 6. The molecule has 3 unspecified atom stereocenters. The van der Waals surface area contributed by atoms with Gasteiger partial charge in [0.1, 0.15) is 0 Å². The SMILES string of the molecule is CCC(N)C(c1ccc(Br)s1)N1CCC(CCO)C1. The number of nitrogens with zero attached hydrogens (tertiary/aromatic N) is 1. The topological polar surface area (TPSA) is 49.5 Å². The molecule has 0 aromatic carbocycles. The highest BCUT2D eigenvalue weighted by Gasteiger charge is 2.32. The number of halogens is 1. The van der Waals surface area contributed by atoms with Crippen LogP contribution in [0.4, 0.5) is 0 Å². The highest BCUT2D eigenvalue weighted by molar-refractivity contribution is 9.11. The van der Waals surface area contributed by atoms with Gasteiger partial charge in [-0.05, 0) is 59.8 Å². The van der Waals surface area contributed by atoms with Crippen LogP contribution in [0.1, 0.15) is 37.1 Å². The molecule has 0 amide bonds. The van der Waals surface area contributed by atoms with E-state index in [1.807, 2.05) is 0 Å². The number of likely N-dealkylation sites (tertiary alicyclic amines) is 1. The molecule has 3 atom stereocenters. The molecule has 3 N–H and O–H groups in total. The van der Waals surface area contributed by atoms with Crippen molar-refractivity contribution < 1.29 is 5.11 Å². The summed E-state index contributed by atoms with van der Waals surface area (Å²) in [5.41, 5.74) is 6.36. The lowest BCUT2D eigenvalue weighted by atomic mass is 10.0. The van der Waals surface area contributed by atoms with Crippen LogP contribution in [0.5, 0.6) is 0 Å². The maximum atomic E-state index is 9.08. The van der Waals surface area contributed by atoms with Gasteiger partial charge >= 0.3 is 0 Å². The summed E-state index contributed by atoms with van der Waals surface area (Å²) in [4.78, 5) is 3.86. The molecule has 3 nitrogen and oxygen atoms in total. The summed E-state index contributed by atoms with van der Waals surface area (Å²) in [7, 11) is 0. The van der Waals surface area contributed by atoms with Crippen LogP contribution in [0.15, 0.2) is 15.9 Å². The second-order valence-corrected chi connectivity index (χ2v) is 7.82. The number of aliphatic hydroxyl groups excluding tert-OH is 1. The molecule has 1 aromatic rings. The molecule has 1 aromatic heterocycles. The van der Waals surface area contributed by atoms with E-state index in [1.54, 1.807) is 11.3 Å². The van der Waals surface area contributed by atoms with E-state index in [9.17, 15) is 0 Å². The van der Waals surface area contributed by atoms with Crippen molar-refractivity contribution in [3.8, 4) is 0 Å². The van der Waals surface area contributed by atoms with E-state index in [0.717, 1.165) is 25.9 Å². The predicted molar refractivity (Wildman–Crippen MR) is 84.4 cm³/mol. The summed E-state index contributed by atoms with van der Waals surface area (Å²) >= 11 is 5.33. The van der Waals surface area contributed by atoms with E-state index in [-0.39, 0.29) is 6.04 Å². The van der Waals surface area contributed by atoms with Crippen LogP contribution >= 0.6 is 27.3 Å². The van der Waals surface area contributed by atoms with Crippen LogP contribution in [0.3, 0.4) is 0 Å². The first kappa shape index (κ1) is 15.4. The Morgan fingerprint density at radius 3 is 2.95 bits per heavy atom. The minimum Gasteiger partial charge on any atom is -0.396 e. The van der Waals surface area contributed by atoms with Crippen molar-refractivity contribution in [2.24, 2.45) is 11.7 Å². The second-order valence-electron chi connectivity index (χ2n) is 5.32. The highest BCUT2D eigenvalue weighted by atomic mass is 79.9. The van der Waals surface area contributed by atoms with Crippen molar-refractivity contribution >= 4 is 27.3 Å². The van der Waals surface area contributed by atoms with Gasteiger partial charge in [0.25, 0.3) is 0 Å². The molecule has 0 radical (unpaired) electrons. The average Bonchev–Trinajstić information content (AvgIpc) is 3.00. The summed E-state index contributed by atoms with van der Waals surface area (Å²) in [6.45, 7) is 4.61. The Bertz CT molecular complexity index is 399. The minimum absolute atomic E-state index is 0.179. The summed E-state index contributed by atoms with van der Waals surface area (Å²) in [5.74, 6) is 0.625. The summed E-state index contributed by atoms with van der Waals surface area (Å²) < 4.78 is 1.17. The second kappa shape index (κ2) is 7.18. The molecule has 0 spiro atoms. The monoisotopic (exact) mass is 346 g/mol. The maximum Gasteiger partial charge on any atom is 0.0702 e. The first-order valence-electron chi connectivity index (χ1n) is 7.01. The van der Waals surface area contributed by atoms with E-state index < -0.39 is 0 Å². The van der Waals surface area contributed by atoms with Crippen molar-refractivity contribution in [1.29, 1.82) is 0 Å². The molecule has 0 saturated carbocycles. The third-order valence-electron chi connectivity index (χ3n) is 4.01. The first-order chi connectivity index (χ1) is 9.15. The summed E-state index contributed by atoms with van der Waals surface area (Å²) in [6, 6.07) is 4.80. The smallest absolute Gasteiger partial charge is 0.0702 e. The fourth-order valence-electron chi connectivity index (χ4n) is 2.91. The van der Waals surface area contributed by atoms with Crippen LogP contribution < -0.4 is 5.73 Å². The van der Waals surface area contributed by atoms with Crippen molar-refractivity contribution in [2.45, 2.75) is 38.3 Å². The van der Waals surface area contributed by atoms with Gasteiger partial charge in [0.2, 0.25) is 0 Å². The van der Waals surface area contributed by atoms with Gasteiger partial charge in [0, 0.05) is 24.1 Å². The highest BCUT2D eigenvalue weighted by Crippen LogP contribution is 2.36. The summed E-state index contributed by atoms with van der Waals surface area (Å²) in [6.07, 6.45) is 3.08. The fourth-order valence-corrected chi connectivity index (χ4v) is 4.54. The van der Waals surface area contributed by atoms with E-state index in [4.69, 9.17) is 10.8 Å². The zero-order valence-corrected chi connectivity index (χ0v) is 13.8. The fraction of sp³-hybridized carbons (Fsp3) is 0.714. The lowest BCUT2D eigenvalue weighted by Crippen LogP contribution is -2.39. The Balaban J connectivity index is 2.11. The molecule has 0 bridgehead atoms. The van der Waals surface area contributed by atoms with Crippen LogP contribution in [-0.2, 0) is 0 Å². The zero-order valence-electron chi connectivity index (χ0n) is 11.4. The Morgan fingerprint density at radius 1 is 1.58 bits per heavy atom. The Morgan fingerprint density at radius 2 is 2.37 bits per heavy atom. The molecule has 1 saturated heterocycles. The van der Waals surface area contributed by atoms with Gasteiger partial charge in [-0.25, -0.2) is 0 Å². The molecule has 1 aliphatic heterocycles. The molecule has 108 valence electrons. The number of hydrogen-bond acceptors (Lipinski definition) is 4. The van der Waals surface area contributed by atoms with E-state index in [0.29, 0.717) is 18.6 Å². The van der Waals surface area contributed by atoms with E-state index >= 15 is 0 Å². The largest absolute Gasteiger partial charge is 0.396 e. The lowest BCUT2D eigenvalue weighted by molar-refractivity contribution is 0.196. The van der Waals surface area contributed by atoms with Crippen molar-refractivity contribution in [3.05, 3.63) is 20.8 Å². The normalized spacial score (nSPS) is 23.7. The van der Waals surface area contributed by atoms with Gasteiger partial charge in [0.05, 0.1) is 9.83 Å². The van der Waals surface area contributed by atoms with Crippen molar-refractivity contribution in [1.82, 2.24) is 4.90 Å². The quantitative estimate of drug-likeness (QED) is 0.832. The maximum absolute atomic E-state index is 9.08. The Labute approximate surface area is 127 Å². The third-order valence-corrected chi connectivity index (χ3v) is 5.70. The zero-order chi connectivity index (χ0) is 13.8. The molecule has 1 fully saturated rings. The molecular weight excluding hydrogens is 324 g/mol. The van der Waals surface area contributed by atoms with Gasteiger partial charge in [-0.2, -0.15) is 0 Å². The molecule has 0 aliphatic carbocycles. The van der Waals surface area contributed by atoms with Gasteiger partial charge < -0.3 is 10.8 Å². The van der Waals surface area contributed by atoms with Crippen LogP contribution in [0, 0.1) is 5.92 Å². The number of nitrogens with two attached hydrogens (primary N) is 1. The van der Waals surface area contributed by atoms with Gasteiger partial charge in [0.15, 0.2) is 0 Å². The number of aliphatic hydroxyl groups is 1. The van der Waals surface area contributed by atoms with Crippen molar-refractivity contribution in [2.75, 3.05) is 19.7 Å². The van der Waals surface area contributed by atoms with Gasteiger partial charge in [-0.15, -0.1) is 11.3 Å². The molecular formula is C14H23BrN2OS. The molecule has 19 heavy (non-hydrogen) atoms. The predicted octanol–water partition coefficient (Wildman–Crippen LogP) is 2.99.